The Hall–Kier alpha value is -2.44. The number of halogens is 1. The van der Waals surface area contributed by atoms with Gasteiger partial charge in [0, 0.05) is 11.6 Å². The van der Waals surface area contributed by atoms with Gasteiger partial charge in [-0.2, -0.15) is 0 Å². The van der Waals surface area contributed by atoms with Gasteiger partial charge < -0.3 is 4.42 Å². The van der Waals surface area contributed by atoms with Gasteiger partial charge in [0.25, 0.3) is 0 Å². The van der Waals surface area contributed by atoms with Gasteiger partial charge in [-0.05, 0) is 31.2 Å². The van der Waals surface area contributed by atoms with Crippen LogP contribution in [0.4, 0.5) is 5.13 Å². The highest BCUT2D eigenvalue weighted by molar-refractivity contribution is 7.18. The standard InChI is InChI=1S/C16H12ClN3O2S/c1-10-6-7-11(22-10)8-9-14(21)18-16-20-19-15(23-16)12-4-2-3-5-13(12)17/h2-9H,1H3,(H,18,20,21)/b9-8+. The van der Waals surface area contributed by atoms with Crippen molar-refractivity contribution in [3.8, 4) is 10.6 Å². The number of carbonyl (C=O) groups excluding carboxylic acids is 1. The summed E-state index contributed by atoms with van der Waals surface area (Å²) in [5.41, 5.74) is 0.786. The fraction of sp³-hybridized carbons (Fsp3) is 0.0625. The summed E-state index contributed by atoms with van der Waals surface area (Å²) in [6.07, 6.45) is 2.98. The van der Waals surface area contributed by atoms with Gasteiger partial charge in [-0.3, -0.25) is 10.1 Å². The molecular formula is C16H12ClN3O2S. The first-order valence-corrected chi connectivity index (χ1v) is 7.95. The lowest BCUT2D eigenvalue weighted by atomic mass is 10.2. The minimum atomic E-state index is -0.305. The lowest BCUT2D eigenvalue weighted by Gasteiger charge is -1.97. The molecule has 1 N–H and O–H groups in total. The van der Waals surface area contributed by atoms with Crippen LogP contribution in [0.5, 0.6) is 0 Å². The fourth-order valence-electron chi connectivity index (χ4n) is 1.87. The van der Waals surface area contributed by atoms with Crippen molar-refractivity contribution in [3.63, 3.8) is 0 Å². The van der Waals surface area contributed by atoms with Crippen LogP contribution >= 0.6 is 22.9 Å². The molecule has 7 heteroatoms. The number of amides is 1. The SMILES string of the molecule is Cc1ccc(/C=C/C(=O)Nc2nnc(-c3ccccc3Cl)s2)o1. The average molecular weight is 346 g/mol. The molecule has 0 radical (unpaired) electrons. The molecule has 0 aliphatic rings. The van der Waals surface area contributed by atoms with E-state index in [1.165, 1.54) is 17.4 Å². The number of furan rings is 1. The molecule has 0 bridgehead atoms. The van der Waals surface area contributed by atoms with Gasteiger partial charge in [0.2, 0.25) is 11.0 Å². The van der Waals surface area contributed by atoms with Gasteiger partial charge in [-0.15, -0.1) is 10.2 Å². The minimum Gasteiger partial charge on any atom is -0.462 e. The van der Waals surface area contributed by atoms with Crippen molar-refractivity contribution in [2.75, 3.05) is 5.32 Å². The predicted molar refractivity (Wildman–Crippen MR) is 91.5 cm³/mol. The summed E-state index contributed by atoms with van der Waals surface area (Å²) in [4.78, 5) is 11.9. The largest absolute Gasteiger partial charge is 0.462 e. The number of aromatic nitrogens is 2. The second-order valence-electron chi connectivity index (χ2n) is 4.66. The maximum Gasteiger partial charge on any atom is 0.250 e. The van der Waals surface area contributed by atoms with Crippen LogP contribution in [0, 0.1) is 6.92 Å². The van der Waals surface area contributed by atoms with E-state index in [1.54, 1.807) is 18.2 Å². The highest BCUT2D eigenvalue weighted by Gasteiger charge is 2.10. The first-order valence-electron chi connectivity index (χ1n) is 6.76. The number of hydrogen-bond acceptors (Lipinski definition) is 5. The van der Waals surface area contributed by atoms with E-state index in [1.807, 2.05) is 31.2 Å². The molecular weight excluding hydrogens is 334 g/mol. The topological polar surface area (TPSA) is 68.0 Å². The van der Waals surface area contributed by atoms with Crippen molar-refractivity contribution >= 4 is 40.1 Å². The summed E-state index contributed by atoms with van der Waals surface area (Å²) in [5, 5.41) is 12.3. The van der Waals surface area contributed by atoms with Crippen molar-refractivity contribution in [2.24, 2.45) is 0 Å². The molecule has 0 fully saturated rings. The Bertz CT molecular complexity index is 870. The van der Waals surface area contributed by atoms with Gasteiger partial charge in [-0.1, -0.05) is 41.1 Å². The summed E-state index contributed by atoms with van der Waals surface area (Å²) < 4.78 is 5.35. The molecule has 5 nitrogen and oxygen atoms in total. The average Bonchev–Trinajstić information content (AvgIpc) is 3.15. The molecule has 2 aromatic heterocycles. The predicted octanol–water partition coefficient (Wildman–Crippen LogP) is 4.41. The molecule has 0 aliphatic heterocycles. The first kappa shape index (κ1) is 15.5. The zero-order chi connectivity index (χ0) is 16.2. The van der Waals surface area contributed by atoms with Crippen LogP contribution < -0.4 is 5.32 Å². The number of benzene rings is 1. The quantitative estimate of drug-likeness (QED) is 0.711. The smallest absolute Gasteiger partial charge is 0.250 e. The molecule has 116 valence electrons. The third kappa shape index (κ3) is 3.85. The molecule has 3 aromatic rings. The Morgan fingerprint density at radius 1 is 1.26 bits per heavy atom. The third-order valence-electron chi connectivity index (χ3n) is 2.92. The zero-order valence-electron chi connectivity index (χ0n) is 12.1. The Labute approximate surface area is 141 Å². The number of anilines is 1. The van der Waals surface area contributed by atoms with Crippen LogP contribution in [0.15, 0.2) is 46.9 Å². The molecule has 1 aromatic carbocycles. The highest BCUT2D eigenvalue weighted by atomic mass is 35.5. The molecule has 2 heterocycles. The molecule has 0 saturated heterocycles. The van der Waals surface area contributed by atoms with Crippen LogP contribution in [-0.4, -0.2) is 16.1 Å². The van der Waals surface area contributed by atoms with Crippen LogP contribution in [0.1, 0.15) is 11.5 Å². The van der Waals surface area contributed by atoms with Gasteiger partial charge in [0.15, 0.2) is 5.01 Å². The second-order valence-corrected chi connectivity index (χ2v) is 6.05. The summed E-state index contributed by atoms with van der Waals surface area (Å²) in [6, 6.07) is 11.0. The number of nitrogens with zero attached hydrogens (tertiary/aromatic N) is 2. The highest BCUT2D eigenvalue weighted by Crippen LogP contribution is 2.31. The van der Waals surface area contributed by atoms with E-state index in [-0.39, 0.29) is 5.91 Å². The number of nitrogens with one attached hydrogen (secondary N) is 1. The Kier molecular flexibility index (Phi) is 4.55. The summed E-state index contributed by atoms with van der Waals surface area (Å²) in [7, 11) is 0. The number of rotatable bonds is 4. The molecule has 1 amide bonds. The molecule has 3 rings (SSSR count). The molecule has 23 heavy (non-hydrogen) atoms. The van der Waals surface area contributed by atoms with Crippen molar-refractivity contribution in [1.82, 2.24) is 10.2 Å². The van der Waals surface area contributed by atoms with Crippen molar-refractivity contribution < 1.29 is 9.21 Å². The van der Waals surface area contributed by atoms with E-state index in [9.17, 15) is 4.79 Å². The molecule has 0 atom stereocenters. The van der Waals surface area contributed by atoms with E-state index >= 15 is 0 Å². The maximum atomic E-state index is 11.9. The van der Waals surface area contributed by atoms with Gasteiger partial charge >= 0.3 is 0 Å². The van der Waals surface area contributed by atoms with Crippen LogP contribution in [-0.2, 0) is 4.79 Å². The van der Waals surface area contributed by atoms with Gasteiger partial charge in [0.1, 0.15) is 11.5 Å². The summed E-state index contributed by atoms with van der Waals surface area (Å²) in [6.45, 7) is 1.84. The van der Waals surface area contributed by atoms with Gasteiger partial charge in [0.05, 0.1) is 5.02 Å². The normalized spacial score (nSPS) is 11.0. The molecule has 0 unspecified atom stereocenters. The summed E-state index contributed by atoms with van der Waals surface area (Å²) >= 11 is 7.38. The van der Waals surface area contributed by atoms with Crippen LogP contribution in [0.3, 0.4) is 0 Å². The molecule has 0 saturated carbocycles. The Morgan fingerprint density at radius 2 is 2.09 bits per heavy atom. The van der Waals surface area contributed by atoms with Crippen LogP contribution in [0.25, 0.3) is 16.6 Å². The number of aryl methyl sites for hydroxylation is 1. The van der Waals surface area contributed by atoms with E-state index in [2.05, 4.69) is 15.5 Å². The van der Waals surface area contributed by atoms with E-state index in [0.29, 0.717) is 20.9 Å². The minimum absolute atomic E-state index is 0.305. The van der Waals surface area contributed by atoms with Gasteiger partial charge in [-0.25, -0.2) is 0 Å². The van der Waals surface area contributed by atoms with E-state index in [4.69, 9.17) is 16.0 Å². The lowest BCUT2D eigenvalue weighted by Crippen LogP contribution is -2.07. The van der Waals surface area contributed by atoms with Crippen molar-refractivity contribution in [3.05, 3.63) is 59.0 Å². The Balaban J connectivity index is 1.68. The first-order chi connectivity index (χ1) is 11.1. The zero-order valence-corrected chi connectivity index (χ0v) is 13.7. The number of hydrogen-bond donors (Lipinski definition) is 1. The van der Waals surface area contributed by atoms with Crippen molar-refractivity contribution in [2.45, 2.75) is 6.92 Å². The van der Waals surface area contributed by atoms with E-state index in [0.717, 1.165) is 11.3 Å². The lowest BCUT2D eigenvalue weighted by molar-refractivity contribution is -0.111. The van der Waals surface area contributed by atoms with Crippen molar-refractivity contribution in [1.29, 1.82) is 0 Å². The maximum absolute atomic E-state index is 11.9. The fourth-order valence-corrected chi connectivity index (χ4v) is 2.93. The third-order valence-corrected chi connectivity index (χ3v) is 4.12. The molecule has 0 spiro atoms. The Morgan fingerprint density at radius 3 is 2.83 bits per heavy atom. The summed E-state index contributed by atoms with van der Waals surface area (Å²) in [5.74, 6) is 1.10. The monoisotopic (exact) mass is 345 g/mol. The molecule has 0 aliphatic carbocycles. The van der Waals surface area contributed by atoms with E-state index < -0.39 is 0 Å². The second kappa shape index (κ2) is 6.76. The number of carbonyl (C=O) groups is 1. The van der Waals surface area contributed by atoms with Crippen LogP contribution in [0.2, 0.25) is 5.02 Å².